The highest BCUT2D eigenvalue weighted by Gasteiger charge is 2.25. The molecular weight excluding hydrogens is 763 g/mol. The number of ether oxygens (including phenoxy) is 3. The van der Waals surface area contributed by atoms with E-state index in [0.29, 0.717) is 12.8 Å². The molecule has 0 spiro atoms. The Hall–Kier alpha value is -2.97. The summed E-state index contributed by atoms with van der Waals surface area (Å²) in [6, 6.07) is -0.729. The predicted molar refractivity (Wildman–Crippen MR) is 254 cm³/mol. The molecule has 0 amide bonds. The first-order valence-corrected chi connectivity index (χ1v) is 24.8. The maximum atomic E-state index is 12.8. The molecule has 2 atom stereocenters. The minimum Gasteiger partial charge on any atom is -0.544 e. The average molecular weight is 856 g/mol. The van der Waals surface area contributed by atoms with E-state index in [2.05, 4.69) is 74.6 Å². The summed E-state index contributed by atoms with van der Waals surface area (Å²) in [6.45, 7) is 4.54. The smallest absolute Gasteiger partial charge is 0.306 e. The summed E-state index contributed by atoms with van der Waals surface area (Å²) >= 11 is 0. The number of unbranched alkanes of at least 4 members (excludes halogenated alkanes) is 20. The van der Waals surface area contributed by atoms with Gasteiger partial charge in [-0.15, -0.1) is 0 Å². The number of carbonyl (C=O) groups is 3. The molecule has 61 heavy (non-hydrogen) atoms. The summed E-state index contributed by atoms with van der Waals surface area (Å²) in [4.78, 5) is 37.0. The van der Waals surface area contributed by atoms with E-state index in [1.807, 2.05) is 0 Å². The second-order valence-corrected chi connectivity index (χ2v) is 17.7. The summed E-state index contributed by atoms with van der Waals surface area (Å²) in [6.07, 6.45) is 53.8. The molecule has 2 unspecified atom stereocenters. The van der Waals surface area contributed by atoms with Gasteiger partial charge in [0.25, 0.3) is 0 Å². The van der Waals surface area contributed by atoms with Gasteiger partial charge in [-0.05, 0) is 77.0 Å². The summed E-state index contributed by atoms with van der Waals surface area (Å²) < 4.78 is 17.2. The zero-order valence-electron chi connectivity index (χ0n) is 40.1. The lowest BCUT2D eigenvalue weighted by Gasteiger charge is -2.34. The predicted octanol–water partition coefficient (Wildman–Crippen LogP) is 12.8. The maximum absolute atomic E-state index is 12.8. The highest BCUT2D eigenvalue weighted by Crippen LogP contribution is 2.15. The molecule has 0 aliphatic heterocycles. The Morgan fingerprint density at radius 3 is 1.38 bits per heavy atom. The van der Waals surface area contributed by atoms with E-state index in [9.17, 15) is 19.5 Å². The summed E-state index contributed by atoms with van der Waals surface area (Å²) in [5, 5.41) is 11.7. The van der Waals surface area contributed by atoms with Gasteiger partial charge in [0, 0.05) is 19.3 Å². The van der Waals surface area contributed by atoms with E-state index in [1.165, 1.54) is 103 Å². The molecule has 8 nitrogen and oxygen atoms in total. The zero-order chi connectivity index (χ0) is 44.9. The van der Waals surface area contributed by atoms with Gasteiger partial charge in [-0.3, -0.25) is 9.59 Å². The van der Waals surface area contributed by atoms with Gasteiger partial charge in [-0.2, -0.15) is 0 Å². The fourth-order valence-corrected chi connectivity index (χ4v) is 7.06. The van der Waals surface area contributed by atoms with Gasteiger partial charge in [-0.1, -0.05) is 171 Å². The number of aliphatic carboxylic acids is 1. The quantitative estimate of drug-likeness (QED) is 0.0260. The number of carbonyl (C=O) groups excluding carboxylic acids is 3. The van der Waals surface area contributed by atoms with Crippen LogP contribution in [0.4, 0.5) is 0 Å². The molecule has 0 rings (SSSR count). The third-order valence-corrected chi connectivity index (χ3v) is 10.9. The minimum absolute atomic E-state index is 0.0358. The van der Waals surface area contributed by atoms with Crippen molar-refractivity contribution in [2.24, 2.45) is 0 Å². The fourth-order valence-electron chi connectivity index (χ4n) is 7.06. The number of rotatable bonds is 44. The third kappa shape index (κ3) is 42.1. The molecule has 352 valence electrons. The van der Waals surface area contributed by atoms with Crippen LogP contribution in [0.2, 0.25) is 0 Å². The second-order valence-electron chi connectivity index (χ2n) is 17.7. The Labute approximate surface area is 375 Å². The Kier molecular flexibility index (Phi) is 41.5. The first-order valence-electron chi connectivity index (χ1n) is 24.8. The Bertz CT molecular complexity index is 1180. The second kappa shape index (κ2) is 43.7. The van der Waals surface area contributed by atoms with Crippen LogP contribution in [0.15, 0.2) is 60.8 Å². The Morgan fingerprint density at radius 2 is 0.918 bits per heavy atom. The molecule has 0 aromatic heterocycles. The molecule has 0 saturated heterocycles. The van der Waals surface area contributed by atoms with Crippen molar-refractivity contribution >= 4 is 17.9 Å². The highest BCUT2D eigenvalue weighted by atomic mass is 16.6. The molecule has 0 bridgehead atoms. The topological polar surface area (TPSA) is 102 Å². The van der Waals surface area contributed by atoms with Gasteiger partial charge >= 0.3 is 11.9 Å². The highest BCUT2D eigenvalue weighted by molar-refractivity contribution is 5.70. The van der Waals surface area contributed by atoms with Crippen LogP contribution in [0.25, 0.3) is 0 Å². The van der Waals surface area contributed by atoms with Gasteiger partial charge in [0.15, 0.2) is 6.10 Å². The van der Waals surface area contributed by atoms with E-state index in [-0.39, 0.29) is 42.7 Å². The molecule has 0 radical (unpaired) electrons. The SMILES string of the molecule is CC/C=C/C/C=C/C/C=C/C/C=C/CCCCCCCCCCCC(=O)OC(COCCC(C(=O)[O-])[N+](C)(C)C)COC(=O)CCCCCCCCC/C=C/CCCCCC. The van der Waals surface area contributed by atoms with Gasteiger partial charge in [0.2, 0.25) is 0 Å². The van der Waals surface area contributed by atoms with E-state index in [0.717, 1.165) is 70.6 Å². The largest absolute Gasteiger partial charge is 0.544 e. The number of allylic oxidation sites excluding steroid dienone is 10. The van der Waals surface area contributed by atoms with Crippen molar-refractivity contribution in [1.82, 2.24) is 0 Å². The number of carboxylic acid groups (broad SMARTS) is 1. The molecule has 0 aliphatic rings. The van der Waals surface area contributed by atoms with Gasteiger partial charge in [-0.25, -0.2) is 0 Å². The zero-order valence-corrected chi connectivity index (χ0v) is 40.1. The first kappa shape index (κ1) is 58.0. The summed E-state index contributed by atoms with van der Waals surface area (Å²) in [7, 11) is 5.41. The molecule has 0 saturated carbocycles. The van der Waals surface area contributed by atoms with Gasteiger partial charge < -0.3 is 28.6 Å². The average Bonchev–Trinajstić information content (AvgIpc) is 3.22. The van der Waals surface area contributed by atoms with Crippen LogP contribution < -0.4 is 5.11 Å². The molecule has 8 heteroatoms. The molecular formula is C53H93NO7. The van der Waals surface area contributed by atoms with Crippen LogP contribution in [0.3, 0.4) is 0 Å². The molecule has 0 heterocycles. The standard InChI is InChI=1S/C53H93NO7/c1-6-8-10-12-14-16-18-20-22-23-24-25-26-27-28-30-32-34-36-38-40-42-44-52(56)61-49(47-59-46-45-50(53(57)58)54(3,4)5)48-60-51(55)43-41-39-37-35-33-31-29-21-19-17-15-13-11-9-7-2/h8,10,14,16-17,19-20,22,24-25,49-50H,6-7,9,11-13,15,18,21,23,26-48H2,1-5H3/b10-8+,16-14+,19-17+,22-20+,25-24+. The minimum atomic E-state index is -1.13. The molecule has 0 aromatic rings. The molecule has 0 N–H and O–H groups in total. The molecule has 0 aromatic carbocycles. The van der Waals surface area contributed by atoms with E-state index in [4.69, 9.17) is 14.2 Å². The van der Waals surface area contributed by atoms with Crippen LogP contribution >= 0.6 is 0 Å². The number of quaternary nitrogens is 1. The number of esters is 2. The van der Waals surface area contributed by atoms with Crippen molar-refractivity contribution in [2.45, 2.75) is 219 Å². The number of likely N-dealkylation sites (N-methyl/N-ethyl adjacent to an activating group) is 1. The van der Waals surface area contributed by atoms with E-state index in [1.54, 1.807) is 21.1 Å². The number of hydrogen-bond donors (Lipinski definition) is 0. The van der Waals surface area contributed by atoms with Gasteiger partial charge in [0.1, 0.15) is 12.6 Å². The lowest BCUT2D eigenvalue weighted by Crippen LogP contribution is -2.55. The van der Waals surface area contributed by atoms with Crippen molar-refractivity contribution in [3.63, 3.8) is 0 Å². The Morgan fingerprint density at radius 1 is 0.508 bits per heavy atom. The third-order valence-electron chi connectivity index (χ3n) is 10.9. The monoisotopic (exact) mass is 856 g/mol. The van der Waals surface area contributed by atoms with E-state index < -0.39 is 18.1 Å². The lowest BCUT2D eigenvalue weighted by atomic mass is 10.1. The number of carboxylic acids is 1. The lowest BCUT2D eigenvalue weighted by molar-refractivity contribution is -0.889. The van der Waals surface area contributed by atoms with Gasteiger partial charge in [0.05, 0.1) is 40.3 Å². The fraction of sp³-hybridized carbons (Fsp3) is 0.755. The first-order chi connectivity index (χ1) is 29.6. The maximum Gasteiger partial charge on any atom is 0.306 e. The molecule has 0 fully saturated rings. The summed E-state index contributed by atoms with van der Waals surface area (Å²) in [5.41, 5.74) is 0. The van der Waals surface area contributed by atoms with Crippen LogP contribution in [-0.4, -0.2) is 75.5 Å². The van der Waals surface area contributed by atoms with Crippen molar-refractivity contribution in [3.8, 4) is 0 Å². The normalized spacial score (nSPS) is 13.4. The summed E-state index contributed by atoms with van der Waals surface area (Å²) in [5.74, 6) is -1.75. The van der Waals surface area contributed by atoms with E-state index >= 15 is 0 Å². The number of nitrogens with zero attached hydrogens (tertiary/aromatic N) is 1. The van der Waals surface area contributed by atoms with Crippen LogP contribution in [-0.2, 0) is 28.6 Å². The van der Waals surface area contributed by atoms with Crippen molar-refractivity contribution in [2.75, 3.05) is 41.0 Å². The van der Waals surface area contributed by atoms with Crippen molar-refractivity contribution in [1.29, 1.82) is 0 Å². The van der Waals surface area contributed by atoms with Crippen molar-refractivity contribution < 1.29 is 38.2 Å². The van der Waals surface area contributed by atoms with Crippen LogP contribution in [0, 0.1) is 0 Å². The Balaban J connectivity index is 4.27. The van der Waals surface area contributed by atoms with Crippen LogP contribution in [0.5, 0.6) is 0 Å². The number of hydrogen-bond acceptors (Lipinski definition) is 7. The molecule has 0 aliphatic carbocycles. The van der Waals surface area contributed by atoms with Crippen molar-refractivity contribution in [3.05, 3.63) is 60.8 Å². The van der Waals surface area contributed by atoms with Crippen LogP contribution in [0.1, 0.15) is 206 Å².